The molecule has 0 atom stereocenters. The first-order valence-corrected chi connectivity index (χ1v) is 10.0. The predicted octanol–water partition coefficient (Wildman–Crippen LogP) is 5.43. The van der Waals surface area contributed by atoms with E-state index in [1.807, 2.05) is 0 Å². The summed E-state index contributed by atoms with van der Waals surface area (Å²) in [5.74, 6) is -0.320. The summed E-state index contributed by atoms with van der Waals surface area (Å²) in [5, 5.41) is 28.7. The molecule has 0 fully saturated rings. The molecular formula is C24H16O6S. The maximum absolute atomic E-state index is 13.1. The Morgan fingerprint density at radius 3 is 2.23 bits per heavy atom. The van der Waals surface area contributed by atoms with Crippen LogP contribution in [0.25, 0.3) is 16.2 Å². The Kier molecular flexibility index (Phi) is 5.43. The van der Waals surface area contributed by atoms with E-state index in [4.69, 9.17) is 9.84 Å². The van der Waals surface area contributed by atoms with Crippen molar-refractivity contribution in [2.24, 2.45) is 0 Å². The van der Waals surface area contributed by atoms with E-state index < -0.39 is 5.97 Å². The van der Waals surface area contributed by atoms with Crippen molar-refractivity contribution in [1.82, 2.24) is 0 Å². The van der Waals surface area contributed by atoms with Crippen LogP contribution in [0.3, 0.4) is 0 Å². The van der Waals surface area contributed by atoms with Crippen LogP contribution < -0.4 is 4.74 Å². The third-order valence-corrected chi connectivity index (χ3v) is 5.61. The number of carboxylic acids is 1. The smallest absolute Gasteiger partial charge is 0.328 e. The van der Waals surface area contributed by atoms with Crippen molar-refractivity contribution < 1.29 is 29.6 Å². The topological polar surface area (TPSA) is 104 Å². The van der Waals surface area contributed by atoms with Gasteiger partial charge in [0.15, 0.2) is 5.75 Å². The Morgan fingerprint density at radius 1 is 0.871 bits per heavy atom. The number of ketones is 1. The van der Waals surface area contributed by atoms with Crippen LogP contribution in [0.4, 0.5) is 0 Å². The van der Waals surface area contributed by atoms with Gasteiger partial charge in [0.25, 0.3) is 0 Å². The molecule has 0 aliphatic heterocycles. The van der Waals surface area contributed by atoms with Gasteiger partial charge < -0.3 is 20.1 Å². The highest BCUT2D eigenvalue weighted by atomic mass is 32.1. The van der Waals surface area contributed by atoms with Crippen LogP contribution in [-0.4, -0.2) is 27.1 Å². The SMILES string of the molecule is O=C(O)C=Cc1ccc(Oc2c(C(=O)c3ccc(O)cc3)sc3cc(O)ccc23)cc1. The molecule has 7 heteroatoms. The van der Waals surface area contributed by atoms with E-state index >= 15 is 0 Å². The summed E-state index contributed by atoms with van der Waals surface area (Å²) in [7, 11) is 0. The zero-order valence-electron chi connectivity index (χ0n) is 16.0. The fourth-order valence-electron chi connectivity index (χ4n) is 2.99. The van der Waals surface area contributed by atoms with E-state index in [2.05, 4.69) is 0 Å². The van der Waals surface area contributed by atoms with Gasteiger partial charge in [-0.3, -0.25) is 4.79 Å². The molecule has 154 valence electrons. The molecular weight excluding hydrogens is 416 g/mol. The van der Waals surface area contributed by atoms with Crippen LogP contribution >= 0.6 is 11.3 Å². The number of carboxylic acid groups (broad SMARTS) is 1. The predicted molar refractivity (Wildman–Crippen MR) is 118 cm³/mol. The van der Waals surface area contributed by atoms with Crippen LogP contribution in [0.2, 0.25) is 0 Å². The lowest BCUT2D eigenvalue weighted by molar-refractivity contribution is -0.131. The Hall–Kier alpha value is -4.10. The minimum atomic E-state index is -1.04. The number of fused-ring (bicyclic) bond motifs is 1. The molecule has 0 amide bonds. The van der Waals surface area contributed by atoms with Gasteiger partial charge in [-0.1, -0.05) is 12.1 Å². The summed E-state index contributed by atoms with van der Waals surface area (Å²) in [6.07, 6.45) is 2.51. The molecule has 0 saturated carbocycles. The summed E-state index contributed by atoms with van der Waals surface area (Å²) in [5.41, 5.74) is 1.09. The number of ether oxygens (including phenoxy) is 1. The molecule has 1 heterocycles. The first-order chi connectivity index (χ1) is 14.9. The molecule has 6 nitrogen and oxygen atoms in total. The fraction of sp³-hybridized carbons (Fsp3) is 0. The molecule has 0 saturated heterocycles. The number of phenolic OH excluding ortho intramolecular Hbond substituents is 2. The molecule has 3 N–H and O–H groups in total. The normalized spacial score (nSPS) is 11.1. The van der Waals surface area contributed by atoms with E-state index in [1.165, 1.54) is 47.7 Å². The minimum Gasteiger partial charge on any atom is -0.508 e. The van der Waals surface area contributed by atoms with Crippen molar-refractivity contribution in [2.75, 3.05) is 0 Å². The second-order valence-electron chi connectivity index (χ2n) is 6.66. The largest absolute Gasteiger partial charge is 0.508 e. The van der Waals surface area contributed by atoms with E-state index in [9.17, 15) is 19.8 Å². The Morgan fingerprint density at radius 2 is 1.55 bits per heavy atom. The lowest BCUT2D eigenvalue weighted by atomic mass is 10.1. The summed E-state index contributed by atoms with van der Waals surface area (Å²) >= 11 is 1.21. The van der Waals surface area contributed by atoms with Crippen molar-refractivity contribution in [3.63, 3.8) is 0 Å². The van der Waals surface area contributed by atoms with Gasteiger partial charge in [-0.05, 0) is 66.2 Å². The summed E-state index contributed by atoms with van der Waals surface area (Å²) < 4.78 is 6.76. The van der Waals surface area contributed by atoms with Gasteiger partial charge in [-0.2, -0.15) is 0 Å². The maximum atomic E-state index is 13.1. The molecule has 0 aliphatic carbocycles. The molecule has 0 bridgehead atoms. The second-order valence-corrected chi connectivity index (χ2v) is 7.71. The van der Waals surface area contributed by atoms with E-state index in [0.29, 0.717) is 37.6 Å². The van der Waals surface area contributed by atoms with Crippen LogP contribution in [-0.2, 0) is 4.79 Å². The van der Waals surface area contributed by atoms with Gasteiger partial charge in [0.05, 0.1) is 0 Å². The van der Waals surface area contributed by atoms with Gasteiger partial charge in [0.2, 0.25) is 5.78 Å². The molecule has 31 heavy (non-hydrogen) atoms. The van der Waals surface area contributed by atoms with Crippen LogP contribution in [0.1, 0.15) is 20.8 Å². The third kappa shape index (κ3) is 4.41. The highest BCUT2D eigenvalue weighted by molar-refractivity contribution is 7.21. The van der Waals surface area contributed by atoms with Crippen LogP contribution in [0.15, 0.2) is 72.8 Å². The first-order valence-electron chi connectivity index (χ1n) is 9.19. The Labute approximate surface area is 180 Å². The number of rotatable bonds is 6. The summed E-state index contributed by atoms with van der Waals surface area (Å²) in [4.78, 5) is 24.2. The summed E-state index contributed by atoms with van der Waals surface area (Å²) in [6, 6.07) is 17.5. The molecule has 0 spiro atoms. The molecule has 1 aromatic heterocycles. The number of benzene rings is 3. The second kappa shape index (κ2) is 8.33. The molecule has 0 radical (unpaired) electrons. The monoisotopic (exact) mass is 432 g/mol. The summed E-state index contributed by atoms with van der Waals surface area (Å²) in [6.45, 7) is 0. The average molecular weight is 432 g/mol. The number of hydrogen-bond acceptors (Lipinski definition) is 6. The zero-order chi connectivity index (χ0) is 22.0. The van der Waals surface area contributed by atoms with Crippen molar-refractivity contribution in [3.05, 3.63) is 88.8 Å². The number of carbonyl (C=O) groups excluding carboxylic acids is 1. The average Bonchev–Trinajstić information content (AvgIpc) is 3.10. The molecule has 0 unspecified atom stereocenters. The van der Waals surface area contributed by atoms with Crippen molar-refractivity contribution >= 4 is 39.3 Å². The molecule has 4 rings (SSSR count). The number of thiophene rings is 1. The quantitative estimate of drug-likeness (QED) is 0.277. The lowest BCUT2D eigenvalue weighted by Gasteiger charge is -2.08. The van der Waals surface area contributed by atoms with Gasteiger partial charge in [-0.25, -0.2) is 4.79 Å². The Bertz CT molecular complexity index is 1300. The number of aliphatic carboxylic acids is 1. The first kappa shape index (κ1) is 20.2. The van der Waals surface area contributed by atoms with E-state index in [0.717, 1.165) is 6.08 Å². The third-order valence-electron chi connectivity index (χ3n) is 4.48. The van der Waals surface area contributed by atoms with Gasteiger partial charge in [-0.15, -0.1) is 11.3 Å². The lowest BCUT2D eigenvalue weighted by Crippen LogP contribution is -2.00. The molecule has 0 aliphatic rings. The number of aromatic hydroxyl groups is 2. The van der Waals surface area contributed by atoms with Crippen molar-refractivity contribution in [1.29, 1.82) is 0 Å². The standard InChI is InChI=1S/C24H16O6S/c25-16-6-4-15(5-7-16)22(29)24-23(19-11-8-17(26)13-20(19)31-24)30-18-9-1-14(2-10-18)3-12-21(27)28/h1-13,25-26H,(H,27,28). The van der Waals surface area contributed by atoms with Gasteiger partial charge >= 0.3 is 5.97 Å². The van der Waals surface area contributed by atoms with Gasteiger partial charge in [0.1, 0.15) is 22.1 Å². The van der Waals surface area contributed by atoms with Crippen LogP contribution in [0.5, 0.6) is 23.0 Å². The molecule has 4 aromatic rings. The maximum Gasteiger partial charge on any atom is 0.328 e. The minimum absolute atomic E-state index is 0.0614. The van der Waals surface area contributed by atoms with Gasteiger partial charge in [0, 0.05) is 21.7 Å². The highest BCUT2D eigenvalue weighted by Crippen LogP contribution is 2.42. The fourth-order valence-corrected chi connectivity index (χ4v) is 4.11. The van der Waals surface area contributed by atoms with E-state index in [-0.39, 0.29) is 17.3 Å². The zero-order valence-corrected chi connectivity index (χ0v) is 16.8. The number of hydrogen-bond donors (Lipinski definition) is 3. The molecule has 3 aromatic carbocycles. The van der Waals surface area contributed by atoms with Crippen molar-refractivity contribution in [3.8, 4) is 23.0 Å². The number of phenols is 2. The van der Waals surface area contributed by atoms with E-state index in [1.54, 1.807) is 36.4 Å². The Balaban J connectivity index is 1.73. The van der Waals surface area contributed by atoms with Crippen molar-refractivity contribution in [2.45, 2.75) is 0 Å². The number of carbonyl (C=O) groups is 2. The highest BCUT2D eigenvalue weighted by Gasteiger charge is 2.22. The van der Waals surface area contributed by atoms with Crippen LogP contribution in [0, 0.1) is 0 Å².